The monoisotopic (exact) mass is 161 g/mol. The maximum atomic E-state index is 10.3. The van der Waals surface area contributed by atoms with Crippen LogP contribution in [0.2, 0.25) is 0 Å². The van der Waals surface area contributed by atoms with Crippen LogP contribution in [-0.4, -0.2) is 34.0 Å². The van der Waals surface area contributed by atoms with Gasteiger partial charge in [-0.2, -0.15) is 0 Å². The Balaban J connectivity index is 3.95. The van der Waals surface area contributed by atoms with Gasteiger partial charge in [0.1, 0.15) is 6.04 Å². The number of ketones is 1. The minimum Gasteiger partial charge on any atom is -0.480 e. The predicted octanol–water partition coefficient (Wildman–Crippen LogP) is -1.56. The number of carboxylic acids is 2. The van der Waals surface area contributed by atoms with Crippen LogP contribution in [0.1, 0.15) is 6.42 Å². The summed E-state index contributed by atoms with van der Waals surface area (Å²) in [5.41, 5.74) is 4.87. The minimum absolute atomic E-state index is 0.676. The van der Waals surface area contributed by atoms with Crippen molar-refractivity contribution in [2.24, 2.45) is 5.73 Å². The Bertz CT molecular complexity index is 199. The van der Waals surface area contributed by atoms with Crippen molar-refractivity contribution in [2.45, 2.75) is 12.5 Å². The molecular weight excluding hydrogens is 154 g/mol. The van der Waals surface area contributed by atoms with Crippen LogP contribution in [0.25, 0.3) is 0 Å². The summed E-state index contributed by atoms with van der Waals surface area (Å²) in [4.78, 5) is 30.2. The second-order valence-corrected chi connectivity index (χ2v) is 1.88. The van der Waals surface area contributed by atoms with Crippen molar-refractivity contribution < 1.29 is 24.6 Å². The summed E-state index contributed by atoms with van der Waals surface area (Å²) < 4.78 is 0. The average molecular weight is 161 g/mol. The molecule has 6 heteroatoms. The summed E-state index contributed by atoms with van der Waals surface area (Å²) in [6, 6.07) is -1.43. The highest BCUT2D eigenvalue weighted by atomic mass is 16.4. The van der Waals surface area contributed by atoms with Gasteiger partial charge in [0, 0.05) is 6.42 Å². The van der Waals surface area contributed by atoms with E-state index in [2.05, 4.69) is 0 Å². The van der Waals surface area contributed by atoms with E-state index in [1.165, 1.54) is 0 Å². The van der Waals surface area contributed by atoms with Gasteiger partial charge >= 0.3 is 11.9 Å². The van der Waals surface area contributed by atoms with Crippen LogP contribution < -0.4 is 5.73 Å². The average Bonchev–Trinajstić information content (AvgIpc) is 1.87. The van der Waals surface area contributed by atoms with Crippen LogP contribution >= 0.6 is 0 Å². The molecule has 0 aliphatic carbocycles. The third-order valence-corrected chi connectivity index (χ3v) is 0.961. The second-order valence-electron chi connectivity index (χ2n) is 1.88. The lowest BCUT2D eigenvalue weighted by atomic mass is 10.1. The molecule has 0 aromatic rings. The molecule has 0 spiro atoms. The van der Waals surface area contributed by atoms with E-state index >= 15 is 0 Å². The molecule has 0 unspecified atom stereocenters. The van der Waals surface area contributed by atoms with Gasteiger partial charge in [0.25, 0.3) is 0 Å². The number of carbonyl (C=O) groups is 3. The van der Waals surface area contributed by atoms with Gasteiger partial charge in [0.05, 0.1) is 0 Å². The van der Waals surface area contributed by atoms with Crippen molar-refractivity contribution in [3.8, 4) is 0 Å². The molecule has 62 valence electrons. The van der Waals surface area contributed by atoms with Crippen molar-refractivity contribution in [1.29, 1.82) is 0 Å². The Morgan fingerprint density at radius 1 is 1.27 bits per heavy atom. The van der Waals surface area contributed by atoms with Crippen LogP contribution in [0.5, 0.6) is 0 Å². The molecule has 0 saturated heterocycles. The molecule has 0 fully saturated rings. The lowest BCUT2D eigenvalue weighted by molar-refractivity contribution is -0.150. The number of hydrogen-bond acceptors (Lipinski definition) is 4. The van der Waals surface area contributed by atoms with Gasteiger partial charge in [0.2, 0.25) is 5.78 Å². The number of hydrogen-bond donors (Lipinski definition) is 3. The van der Waals surface area contributed by atoms with Crippen LogP contribution in [0.4, 0.5) is 0 Å². The van der Waals surface area contributed by atoms with E-state index in [1.54, 1.807) is 0 Å². The molecule has 0 aromatic carbocycles. The number of aliphatic carboxylic acids is 2. The third kappa shape index (κ3) is 3.31. The molecule has 0 aliphatic rings. The molecule has 0 bridgehead atoms. The van der Waals surface area contributed by atoms with E-state index in [0.717, 1.165) is 0 Å². The zero-order valence-corrected chi connectivity index (χ0v) is 5.48. The maximum absolute atomic E-state index is 10.3. The zero-order chi connectivity index (χ0) is 9.02. The van der Waals surface area contributed by atoms with E-state index in [0.29, 0.717) is 0 Å². The summed E-state index contributed by atoms with van der Waals surface area (Å²) in [6.07, 6.45) is -0.676. The highest BCUT2D eigenvalue weighted by Crippen LogP contribution is 1.89. The number of nitrogens with two attached hydrogens (primary N) is 1. The zero-order valence-electron chi connectivity index (χ0n) is 5.48. The van der Waals surface area contributed by atoms with Crippen LogP contribution in [0.3, 0.4) is 0 Å². The first-order valence-corrected chi connectivity index (χ1v) is 2.69. The normalized spacial score (nSPS) is 12.1. The molecule has 0 aromatic heterocycles. The molecule has 6 nitrogen and oxygen atoms in total. The van der Waals surface area contributed by atoms with Gasteiger partial charge in [-0.15, -0.1) is 0 Å². The van der Waals surface area contributed by atoms with Crippen molar-refractivity contribution in [3.05, 3.63) is 0 Å². The fraction of sp³-hybridized carbons (Fsp3) is 0.400. The predicted molar refractivity (Wildman–Crippen MR) is 32.9 cm³/mol. The quantitative estimate of drug-likeness (QED) is 0.429. The van der Waals surface area contributed by atoms with Crippen molar-refractivity contribution in [2.75, 3.05) is 0 Å². The Morgan fingerprint density at radius 3 is 2.00 bits per heavy atom. The van der Waals surface area contributed by atoms with E-state index in [1.807, 2.05) is 0 Å². The van der Waals surface area contributed by atoms with Crippen molar-refractivity contribution >= 4 is 17.7 Å². The Morgan fingerprint density at radius 2 is 1.73 bits per heavy atom. The summed E-state index contributed by atoms with van der Waals surface area (Å²) in [5, 5.41) is 16.2. The van der Waals surface area contributed by atoms with Gasteiger partial charge in [-0.1, -0.05) is 0 Å². The Hall–Kier alpha value is -1.43. The molecule has 0 heterocycles. The Labute approximate surface area is 61.6 Å². The molecule has 0 radical (unpaired) electrons. The molecule has 4 N–H and O–H groups in total. The van der Waals surface area contributed by atoms with Crippen LogP contribution in [-0.2, 0) is 14.4 Å². The van der Waals surface area contributed by atoms with E-state index in [-0.39, 0.29) is 0 Å². The van der Waals surface area contributed by atoms with E-state index in [9.17, 15) is 14.4 Å². The SMILES string of the molecule is N[C@@H](CC(=O)C(=O)O)C(=O)O. The molecule has 1 atom stereocenters. The highest BCUT2D eigenvalue weighted by Gasteiger charge is 2.20. The van der Waals surface area contributed by atoms with Crippen molar-refractivity contribution in [3.63, 3.8) is 0 Å². The number of rotatable bonds is 4. The molecule has 11 heavy (non-hydrogen) atoms. The van der Waals surface area contributed by atoms with E-state index < -0.39 is 30.2 Å². The Kier molecular flexibility index (Phi) is 3.19. The van der Waals surface area contributed by atoms with Crippen LogP contribution in [0.15, 0.2) is 0 Å². The fourth-order valence-electron chi connectivity index (χ4n) is 0.374. The lowest BCUT2D eigenvalue weighted by Crippen LogP contribution is -2.34. The minimum atomic E-state index is -1.67. The summed E-state index contributed by atoms with van der Waals surface area (Å²) >= 11 is 0. The second kappa shape index (κ2) is 3.67. The summed E-state index contributed by atoms with van der Waals surface area (Å²) in [7, 11) is 0. The smallest absolute Gasteiger partial charge is 0.372 e. The van der Waals surface area contributed by atoms with Gasteiger partial charge in [-0.05, 0) is 0 Å². The van der Waals surface area contributed by atoms with E-state index in [4.69, 9.17) is 15.9 Å². The first kappa shape index (κ1) is 9.57. The lowest BCUT2D eigenvalue weighted by Gasteiger charge is -2.00. The first-order valence-electron chi connectivity index (χ1n) is 2.69. The number of Topliss-reactive ketones (excluding diaryl/α,β-unsaturated/α-hetero) is 1. The summed E-state index contributed by atoms with van der Waals surface area (Å²) in [6.45, 7) is 0. The topological polar surface area (TPSA) is 118 Å². The first-order chi connectivity index (χ1) is 4.95. The van der Waals surface area contributed by atoms with Gasteiger partial charge in [-0.3, -0.25) is 9.59 Å². The highest BCUT2D eigenvalue weighted by molar-refractivity contribution is 6.33. The largest absolute Gasteiger partial charge is 0.480 e. The van der Waals surface area contributed by atoms with Gasteiger partial charge in [-0.25, -0.2) is 4.79 Å². The fourth-order valence-corrected chi connectivity index (χ4v) is 0.374. The van der Waals surface area contributed by atoms with Gasteiger partial charge < -0.3 is 15.9 Å². The molecular formula is C5H7NO5. The number of carboxylic acid groups (broad SMARTS) is 2. The van der Waals surface area contributed by atoms with Crippen molar-refractivity contribution in [1.82, 2.24) is 0 Å². The third-order valence-electron chi connectivity index (χ3n) is 0.961. The van der Waals surface area contributed by atoms with Crippen LogP contribution in [0, 0.1) is 0 Å². The number of carbonyl (C=O) groups excluding carboxylic acids is 1. The van der Waals surface area contributed by atoms with Gasteiger partial charge in [0.15, 0.2) is 0 Å². The standard InChI is InChI=1S/C5H7NO5/c6-2(4(8)9)1-3(7)5(10)11/h2H,1,6H2,(H,8,9)(H,10,11)/t2-/m0/s1. The summed E-state index contributed by atoms with van der Waals surface area (Å²) in [5.74, 6) is -4.25. The molecule has 0 saturated carbocycles. The molecule has 0 rings (SSSR count). The maximum Gasteiger partial charge on any atom is 0.372 e. The molecule has 0 amide bonds. The molecule has 0 aliphatic heterocycles.